The number of hydrogen-bond acceptors (Lipinski definition) is 5. The molecule has 61 heavy (non-hydrogen) atoms. The first-order valence-electron chi connectivity index (χ1n) is 27.8. The molecule has 0 aliphatic rings. The summed E-state index contributed by atoms with van der Waals surface area (Å²) >= 11 is 0. The molecule has 0 radical (unpaired) electrons. The number of ether oxygens (including phenoxy) is 1. The molecule has 0 aromatic rings. The largest absolute Gasteiger partial charge is 0.462 e. The maximum Gasteiger partial charge on any atom is 0.306 e. The van der Waals surface area contributed by atoms with E-state index in [1.807, 2.05) is 0 Å². The Labute approximate surface area is 381 Å². The highest BCUT2D eigenvalue weighted by Gasteiger charge is 2.24. The molecule has 6 heteroatoms. The number of unbranched alkanes of at least 4 members (excludes halogenated alkanes) is 39. The average molecular weight is 864 g/mol. The van der Waals surface area contributed by atoms with Crippen molar-refractivity contribution in [3.8, 4) is 0 Å². The lowest BCUT2D eigenvalue weighted by atomic mass is 10.0. The van der Waals surface area contributed by atoms with E-state index in [0.717, 1.165) is 38.5 Å². The molecule has 3 N–H and O–H groups in total. The van der Waals surface area contributed by atoms with E-state index in [1.165, 1.54) is 231 Å². The Morgan fingerprint density at radius 2 is 0.689 bits per heavy atom. The van der Waals surface area contributed by atoms with Gasteiger partial charge in [-0.2, -0.15) is 0 Å². The number of carbonyl (C=O) groups is 2. The zero-order valence-corrected chi connectivity index (χ0v) is 41.6. The lowest BCUT2D eigenvalue weighted by molar-refractivity contribution is -0.151. The van der Waals surface area contributed by atoms with Crippen LogP contribution < -0.4 is 5.32 Å². The normalized spacial score (nSPS) is 13.1. The van der Waals surface area contributed by atoms with Gasteiger partial charge in [-0.25, -0.2) is 0 Å². The first-order valence-corrected chi connectivity index (χ1v) is 27.8. The summed E-state index contributed by atoms with van der Waals surface area (Å²) < 4.78 is 5.94. The number of hydrogen-bond donors (Lipinski definition) is 3. The summed E-state index contributed by atoms with van der Waals surface area (Å²) in [6.45, 7) is 6.52. The Balaban J connectivity index is 4.38. The zero-order chi connectivity index (χ0) is 44.5. The van der Waals surface area contributed by atoms with Crippen LogP contribution in [0.25, 0.3) is 0 Å². The van der Waals surface area contributed by atoms with E-state index < -0.39 is 18.2 Å². The van der Waals surface area contributed by atoms with Crippen molar-refractivity contribution in [2.45, 2.75) is 334 Å². The molecule has 0 rings (SSSR count). The van der Waals surface area contributed by atoms with E-state index in [0.29, 0.717) is 19.3 Å². The maximum absolute atomic E-state index is 13.2. The van der Waals surface area contributed by atoms with Gasteiger partial charge in [-0.1, -0.05) is 278 Å². The lowest BCUT2D eigenvalue weighted by Gasteiger charge is -2.24. The quantitative estimate of drug-likeness (QED) is 0.0418. The Morgan fingerprint density at radius 3 is 1.00 bits per heavy atom. The molecule has 0 spiro atoms. The van der Waals surface area contributed by atoms with E-state index in [2.05, 4.69) is 26.1 Å². The van der Waals surface area contributed by atoms with Crippen molar-refractivity contribution in [3.63, 3.8) is 0 Å². The highest BCUT2D eigenvalue weighted by atomic mass is 16.5. The monoisotopic (exact) mass is 864 g/mol. The summed E-state index contributed by atoms with van der Waals surface area (Å²) in [6, 6.07) is -0.692. The van der Waals surface area contributed by atoms with E-state index in [-0.39, 0.29) is 24.9 Å². The highest BCUT2D eigenvalue weighted by Crippen LogP contribution is 2.19. The molecule has 0 heterocycles. The molecular formula is C55H109NO5. The van der Waals surface area contributed by atoms with E-state index >= 15 is 0 Å². The van der Waals surface area contributed by atoms with Gasteiger partial charge in [0.05, 0.1) is 25.2 Å². The van der Waals surface area contributed by atoms with Crippen LogP contribution >= 0.6 is 0 Å². The molecule has 0 aromatic carbocycles. The van der Waals surface area contributed by atoms with Crippen LogP contribution in [0, 0.1) is 0 Å². The fraction of sp³-hybridized carbons (Fsp3) is 0.964. The lowest BCUT2D eigenvalue weighted by Crippen LogP contribution is -2.46. The molecular weight excluding hydrogens is 755 g/mol. The fourth-order valence-electron chi connectivity index (χ4n) is 8.96. The summed E-state index contributed by atoms with van der Waals surface area (Å²) in [5.41, 5.74) is 0. The molecule has 0 aliphatic heterocycles. The second kappa shape index (κ2) is 49.9. The molecule has 6 nitrogen and oxygen atoms in total. The minimum absolute atomic E-state index is 0.0877. The van der Waals surface area contributed by atoms with Gasteiger partial charge >= 0.3 is 5.97 Å². The van der Waals surface area contributed by atoms with Gasteiger partial charge in [0.25, 0.3) is 0 Å². The first-order chi connectivity index (χ1) is 30.0. The summed E-state index contributed by atoms with van der Waals surface area (Å²) in [6.07, 6.45) is 54.5. The van der Waals surface area contributed by atoms with Crippen molar-refractivity contribution >= 4 is 11.9 Å². The second-order valence-electron chi connectivity index (χ2n) is 19.4. The number of amides is 1. The first kappa shape index (κ1) is 59.9. The predicted octanol–water partition coefficient (Wildman–Crippen LogP) is 16.7. The molecule has 3 atom stereocenters. The Hall–Kier alpha value is -1.14. The average Bonchev–Trinajstić information content (AvgIpc) is 3.25. The summed E-state index contributed by atoms with van der Waals surface area (Å²) in [7, 11) is 0. The van der Waals surface area contributed by atoms with Crippen molar-refractivity contribution in [1.82, 2.24) is 5.32 Å². The molecule has 0 aromatic heterocycles. The van der Waals surface area contributed by atoms with Crippen molar-refractivity contribution in [2.75, 3.05) is 6.61 Å². The number of nitrogens with one attached hydrogen (secondary N) is 1. The van der Waals surface area contributed by atoms with Crippen LogP contribution in [0.15, 0.2) is 0 Å². The van der Waals surface area contributed by atoms with Gasteiger partial charge in [0.15, 0.2) is 0 Å². The maximum atomic E-state index is 13.2. The topological polar surface area (TPSA) is 95.9 Å². The second-order valence-corrected chi connectivity index (χ2v) is 19.4. The highest BCUT2D eigenvalue weighted by molar-refractivity contribution is 5.77. The van der Waals surface area contributed by atoms with E-state index in [9.17, 15) is 19.8 Å². The van der Waals surface area contributed by atoms with Crippen molar-refractivity contribution in [3.05, 3.63) is 0 Å². The predicted molar refractivity (Wildman–Crippen MR) is 264 cm³/mol. The van der Waals surface area contributed by atoms with Crippen LogP contribution in [0.5, 0.6) is 0 Å². The zero-order valence-electron chi connectivity index (χ0n) is 41.6. The molecule has 3 unspecified atom stereocenters. The molecule has 0 bridgehead atoms. The minimum Gasteiger partial charge on any atom is -0.462 e. The molecule has 0 saturated heterocycles. The van der Waals surface area contributed by atoms with Crippen LogP contribution in [0.2, 0.25) is 0 Å². The van der Waals surface area contributed by atoms with Crippen molar-refractivity contribution in [1.29, 1.82) is 0 Å². The number of carbonyl (C=O) groups excluding carboxylic acids is 2. The third-order valence-electron chi connectivity index (χ3n) is 13.2. The third-order valence-corrected chi connectivity index (χ3v) is 13.2. The number of rotatable bonds is 51. The van der Waals surface area contributed by atoms with Crippen LogP contribution in [0.3, 0.4) is 0 Å². The van der Waals surface area contributed by atoms with E-state index in [1.54, 1.807) is 0 Å². The molecule has 364 valence electrons. The van der Waals surface area contributed by atoms with Gasteiger partial charge in [0.1, 0.15) is 6.10 Å². The van der Waals surface area contributed by atoms with Crippen LogP contribution in [-0.4, -0.2) is 46.9 Å². The summed E-state index contributed by atoms with van der Waals surface area (Å²) in [5, 5.41) is 23.8. The Morgan fingerprint density at radius 1 is 0.410 bits per heavy atom. The molecule has 0 saturated carbocycles. The van der Waals surface area contributed by atoms with Crippen molar-refractivity contribution in [2.24, 2.45) is 0 Å². The smallest absolute Gasteiger partial charge is 0.306 e. The number of aliphatic hydroxyl groups is 2. The standard InChI is InChI=1S/C55H109NO5/c1-4-7-10-13-16-19-22-24-26-27-29-30-32-35-38-41-44-47-53(58)52(50-57)56-54(59)49-51(46-43-40-37-34-21-18-15-12-9-6-3)61-55(60)48-45-42-39-36-33-31-28-25-23-20-17-14-11-8-5-2/h51-53,57-58H,4-50H2,1-3H3,(H,56,59). The van der Waals surface area contributed by atoms with Gasteiger partial charge in [-0.05, 0) is 25.7 Å². The van der Waals surface area contributed by atoms with Gasteiger partial charge in [-0.15, -0.1) is 0 Å². The molecule has 0 fully saturated rings. The molecule has 0 aliphatic carbocycles. The fourth-order valence-corrected chi connectivity index (χ4v) is 8.96. The minimum atomic E-state index is -0.779. The van der Waals surface area contributed by atoms with Crippen LogP contribution in [0.4, 0.5) is 0 Å². The van der Waals surface area contributed by atoms with Gasteiger partial charge in [-0.3, -0.25) is 9.59 Å². The SMILES string of the molecule is CCCCCCCCCCCCCCCCCCCC(O)C(CO)NC(=O)CC(CCCCCCCCCCCC)OC(=O)CCCCCCCCCCCCCCCCC. The summed E-state index contributed by atoms with van der Waals surface area (Å²) in [4.78, 5) is 26.1. The number of aliphatic hydroxyl groups excluding tert-OH is 2. The van der Waals surface area contributed by atoms with Crippen LogP contribution in [-0.2, 0) is 14.3 Å². The van der Waals surface area contributed by atoms with E-state index in [4.69, 9.17) is 4.74 Å². The Kier molecular flexibility index (Phi) is 48.9. The Bertz CT molecular complexity index is 882. The van der Waals surface area contributed by atoms with Crippen LogP contribution in [0.1, 0.15) is 316 Å². The summed E-state index contributed by atoms with van der Waals surface area (Å²) in [5.74, 6) is -0.450. The third kappa shape index (κ3) is 45.2. The van der Waals surface area contributed by atoms with Gasteiger partial charge in [0, 0.05) is 6.42 Å². The molecule has 1 amide bonds. The van der Waals surface area contributed by atoms with Gasteiger partial charge < -0.3 is 20.3 Å². The van der Waals surface area contributed by atoms with Crippen molar-refractivity contribution < 1.29 is 24.5 Å². The van der Waals surface area contributed by atoms with Gasteiger partial charge in [0.2, 0.25) is 5.91 Å². The number of esters is 1.